The first-order chi connectivity index (χ1) is 10.5. The van der Waals surface area contributed by atoms with Crippen LogP contribution in [0.3, 0.4) is 0 Å². The SMILES string of the molecule is C[C@@H](Sc1nnc(C2CC2)o1)C(=O)Nc1ccc(Br)cc1F. The Labute approximate surface area is 139 Å². The largest absolute Gasteiger partial charge is 0.416 e. The molecule has 1 heterocycles. The second-order valence-electron chi connectivity index (χ2n) is 5.05. The Hall–Kier alpha value is -1.41. The summed E-state index contributed by atoms with van der Waals surface area (Å²) in [5, 5.41) is 10.3. The molecule has 1 aliphatic carbocycles. The van der Waals surface area contributed by atoms with Gasteiger partial charge in [-0.1, -0.05) is 27.7 Å². The zero-order valence-electron chi connectivity index (χ0n) is 11.7. The number of hydrogen-bond acceptors (Lipinski definition) is 5. The summed E-state index contributed by atoms with van der Waals surface area (Å²) in [5.41, 5.74) is 0.143. The monoisotopic (exact) mass is 385 g/mol. The summed E-state index contributed by atoms with van der Waals surface area (Å²) in [7, 11) is 0. The molecule has 5 nitrogen and oxygen atoms in total. The highest BCUT2D eigenvalue weighted by molar-refractivity contribution is 9.10. The molecule has 0 bridgehead atoms. The van der Waals surface area contributed by atoms with Gasteiger partial charge in [-0.3, -0.25) is 4.79 Å². The maximum atomic E-state index is 13.7. The smallest absolute Gasteiger partial charge is 0.277 e. The molecule has 1 amide bonds. The molecule has 0 radical (unpaired) electrons. The number of halogens is 2. The molecule has 8 heteroatoms. The number of carbonyl (C=O) groups excluding carboxylic acids is 1. The van der Waals surface area contributed by atoms with E-state index in [2.05, 4.69) is 31.4 Å². The van der Waals surface area contributed by atoms with Gasteiger partial charge in [0.05, 0.1) is 10.9 Å². The third kappa shape index (κ3) is 3.67. The van der Waals surface area contributed by atoms with Gasteiger partial charge in [-0.05, 0) is 38.0 Å². The summed E-state index contributed by atoms with van der Waals surface area (Å²) in [6, 6.07) is 4.47. The number of nitrogens with one attached hydrogen (secondary N) is 1. The number of amides is 1. The Morgan fingerprint density at radius 3 is 2.95 bits per heavy atom. The molecule has 1 N–H and O–H groups in total. The molecule has 22 heavy (non-hydrogen) atoms. The molecule has 0 aliphatic heterocycles. The van der Waals surface area contributed by atoms with Gasteiger partial charge >= 0.3 is 0 Å². The van der Waals surface area contributed by atoms with Crippen molar-refractivity contribution in [3.63, 3.8) is 0 Å². The molecule has 0 unspecified atom stereocenters. The first-order valence-corrected chi connectivity index (χ1v) is 8.46. The third-order valence-electron chi connectivity index (χ3n) is 3.18. The Bertz CT molecular complexity index is 705. The maximum absolute atomic E-state index is 13.7. The molecular weight excluding hydrogens is 373 g/mol. The Kier molecular flexibility index (Phi) is 4.49. The lowest BCUT2D eigenvalue weighted by Crippen LogP contribution is -2.23. The van der Waals surface area contributed by atoms with E-state index in [0.29, 0.717) is 21.5 Å². The number of rotatable bonds is 5. The summed E-state index contributed by atoms with van der Waals surface area (Å²) in [4.78, 5) is 12.1. The van der Waals surface area contributed by atoms with E-state index >= 15 is 0 Å². The summed E-state index contributed by atoms with van der Waals surface area (Å²) in [6.45, 7) is 1.71. The van der Waals surface area contributed by atoms with Crippen LogP contribution in [0.2, 0.25) is 0 Å². The van der Waals surface area contributed by atoms with E-state index in [1.165, 1.54) is 12.1 Å². The Morgan fingerprint density at radius 2 is 2.27 bits per heavy atom. The first-order valence-electron chi connectivity index (χ1n) is 6.79. The molecule has 1 atom stereocenters. The van der Waals surface area contributed by atoms with Crippen molar-refractivity contribution in [2.24, 2.45) is 0 Å². The van der Waals surface area contributed by atoms with Crippen LogP contribution in [0.25, 0.3) is 0 Å². The van der Waals surface area contributed by atoms with Gasteiger partial charge in [-0.25, -0.2) is 4.39 Å². The van der Waals surface area contributed by atoms with Gasteiger partial charge in [0.1, 0.15) is 5.82 Å². The molecule has 1 saturated carbocycles. The normalized spacial score (nSPS) is 15.6. The summed E-state index contributed by atoms with van der Waals surface area (Å²) in [5.74, 6) is 0.197. The quantitative estimate of drug-likeness (QED) is 0.788. The van der Waals surface area contributed by atoms with Crippen molar-refractivity contribution in [3.05, 3.63) is 34.4 Å². The van der Waals surface area contributed by atoms with Crippen LogP contribution >= 0.6 is 27.7 Å². The minimum Gasteiger partial charge on any atom is -0.416 e. The lowest BCUT2D eigenvalue weighted by molar-refractivity contribution is -0.115. The molecule has 0 saturated heterocycles. The average molecular weight is 386 g/mol. The van der Waals surface area contributed by atoms with Gasteiger partial charge in [-0.15, -0.1) is 10.2 Å². The summed E-state index contributed by atoms with van der Waals surface area (Å²) in [6.07, 6.45) is 2.15. The van der Waals surface area contributed by atoms with Gasteiger partial charge in [0.2, 0.25) is 11.8 Å². The van der Waals surface area contributed by atoms with E-state index in [9.17, 15) is 9.18 Å². The molecule has 1 aromatic carbocycles. The minimum atomic E-state index is -0.492. The molecule has 116 valence electrons. The second kappa shape index (κ2) is 6.37. The maximum Gasteiger partial charge on any atom is 0.277 e. The number of hydrogen-bond donors (Lipinski definition) is 1. The predicted molar refractivity (Wildman–Crippen MR) is 84.3 cm³/mol. The van der Waals surface area contributed by atoms with Crippen molar-refractivity contribution in [2.75, 3.05) is 5.32 Å². The number of anilines is 1. The van der Waals surface area contributed by atoms with Crippen molar-refractivity contribution < 1.29 is 13.6 Å². The number of thioether (sulfide) groups is 1. The standard InChI is InChI=1S/C14H13BrFN3O2S/c1-7(22-14-19-18-13(21-14)8-2-3-8)12(20)17-11-5-4-9(15)6-10(11)16/h4-8H,2-3H2,1H3,(H,17,20)/t7-/m1/s1. The van der Waals surface area contributed by atoms with Crippen LogP contribution in [-0.4, -0.2) is 21.4 Å². The van der Waals surface area contributed by atoms with E-state index < -0.39 is 11.1 Å². The molecule has 3 rings (SSSR count). The number of nitrogens with zero attached hydrogens (tertiary/aromatic N) is 2. The summed E-state index contributed by atoms with van der Waals surface area (Å²) < 4.78 is 19.8. The van der Waals surface area contributed by atoms with Gasteiger partial charge in [0.15, 0.2) is 0 Å². The summed E-state index contributed by atoms with van der Waals surface area (Å²) >= 11 is 4.33. The molecular formula is C14H13BrFN3O2S. The van der Waals surface area contributed by atoms with Crippen LogP contribution in [0.15, 0.2) is 32.3 Å². The van der Waals surface area contributed by atoms with E-state index in [0.717, 1.165) is 24.6 Å². The van der Waals surface area contributed by atoms with Crippen LogP contribution in [0.1, 0.15) is 31.6 Å². The lowest BCUT2D eigenvalue weighted by atomic mass is 10.3. The fourth-order valence-corrected chi connectivity index (χ4v) is 2.82. The zero-order valence-corrected chi connectivity index (χ0v) is 14.1. The highest BCUT2D eigenvalue weighted by atomic mass is 79.9. The van der Waals surface area contributed by atoms with Gasteiger partial charge < -0.3 is 9.73 Å². The van der Waals surface area contributed by atoms with E-state index in [1.54, 1.807) is 13.0 Å². The van der Waals surface area contributed by atoms with E-state index in [1.807, 2.05) is 0 Å². The Morgan fingerprint density at radius 1 is 1.50 bits per heavy atom. The number of carbonyl (C=O) groups is 1. The number of benzene rings is 1. The van der Waals surface area contributed by atoms with Crippen LogP contribution in [0, 0.1) is 5.82 Å². The fourth-order valence-electron chi connectivity index (χ4n) is 1.79. The predicted octanol–water partition coefficient (Wildman–Crippen LogP) is 3.97. The average Bonchev–Trinajstić information content (AvgIpc) is 3.22. The first kappa shape index (κ1) is 15.5. The molecule has 1 aliphatic rings. The van der Waals surface area contributed by atoms with Crippen molar-refractivity contribution >= 4 is 39.3 Å². The van der Waals surface area contributed by atoms with Crippen molar-refractivity contribution in [3.8, 4) is 0 Å². The Balaban J connectivity index is 1.60. The van der Waals surface area contributed by atoms with Crippen LogP contribution < -0.4 is 5.32 Å². The van der Waals surface area contributed by atoms with Crippen LogP contribution in [0.4, 0.5) is 10.1 Å². The minimum absolute atomic E-state index is 0.143. The van der Waals surface area contributed by atoms with Crippen molar-refractivity contribution in [1.29, 1.82) is 0 Å². The second-order valence-corrected chi connectivity index (χ2v) is 7.26. The fraction of sp³-hybridized carbons (Fsp3) is 0.357. The number of aromatic nitrogens is 2. The lowest BCUT2D eigenvalue weighted by Gasteiger charge is -2.10. The van der Waals surface area contributed by atoms with Crippen LogP contribution in [-0.2, 0) is 4.79 Å². The van der Waals surface area contributed by atoms with Gasteiger partial charge in [0.25, 0.3) is 5.22 Å². The van der Waals surface area contributed by atoms with E-state index in [-0.39, 0.29) is 11.6 Å². The third-order valence-corrected chi connectivity index (χ3v) is 4.61. The zero-order chi connectivity index (χ0) is 15.7. The molecule has 1 aromatic heterocycles. The highest BCUT2D eigenvalue weighted by Gasteiger charge is 2.30. The van der Waals surface area contributed by atoms with Crippen molar-refractivity contribution in [2.45, 2.75) is 36.2 Å². The van der Waals surface area contributed by atoms with Gasteiger partial charge in [-0.2, -0.15) is 0 Å². The van der Waals surface area contributed by atoms with Crippen molar-refractivity contribution in [1.82, 2.24) is 10.2 Å². The van der Waals surface area contributed by atoms with Gasteiger partial charge in [0, 0.05) is 10.4 Å². The van der Waals surface area contributed by atoms with E-state index in [4.69, 9.17) is 4.42 Å². The molecule has 2 aromatic rings. The van der Waals surface area contributed by atoms with Crippen LogP contribution in [0.5, 0.6) is 0 Å². The molecule has 1 fully saturated rings. The highest BCUT2D eigenvalue weighted by Crippen LogP contribution is 2.40. The molecule has 0 spiro atoms. The topological polar surface area (TPSA) is 68.0 Å².